The number of nitrogens with zero attached hydrogens (tertiary/aromatic N) is 2. The van der Waals surface area contributed by atoms with Gasteiger partial charge in [-0.25, -0.2) is 8.42 Å². The maximum absolute atomic E-state index is 13.9. The summed E-state index contributed by atoms with van der Waals surface area (Å²) in [5, 5.41) is 2.52. The molecule has 43 heavy (non-hydrogen) atoms. The molecule has 0 bridgehead atoms. The van der Waals surface area contributed by atoms with Gasteiger partial charge in [-0.15, -0.1) is 0 Å². The average molecular weight is 659 g/mol. The van der Waals surface area contributed by atoms with Gasteiger partial charge in [0.05, 0.1) is 21.2 Å². The topological polar surface area (TPSA) is 86.8 Å². The fourth-order valence-corrected chi connectivity index (χ4v) is 6.05. The van der Waals surface area contributed by atoms with Crippen molar-refractivity contribution in [1.29, 1.82) is 0 Å². The number of rotatable bonds is 12. The number of benzene rings is 3. The summed E-state index contributed by atoms with van der Waals surface area (Å²) in [6, 6.07) is 13.8. The largest absolute Gasteiger partial charge is 0.417 e. The van der Waals surface area contributed by atoms with Crippen molar-refractivity contribution in [1.82, 2.24) is 10.2 Å². The van der Waals surface area contributed by atoms with Gasteiger partial charge in [-0.3, -0.25) is 13.9 Å². The highest BCUT2D eigenvalue weighted by Crippen LogP contribution is 2.38. The molecule has 0 unspecified atom stereocenters. The van der Waals surface area contributed by atoms with E-state index in [0.717, 1.165) is 24.1 Å². The lowest BCUT2D eigenvalue weighted by atomic mass is 10.1. The molecule has 0 heterocycles. The van der Waals surface area contributed by atoms with Gasteiger partial charge in [0.25, 0.3) is 10.0 Å². The Morgan fingerprint density at radius 2 is 1.67 bits per heavy atom. The number of carbonyl (C=O) groups excluding carboxylic acids is 2. The smallest absolute Gasteiger partial charge is 0.354 e. The summed E-state index contributed by atoms with van der Waals surface area (Å²) in [5.41, 5.74) is -0.369. The Morgan fingerprint density at radius 3 is 2.28 bits per heavy atom. The minimum atomic E-state index is -4.89. The first-order chi connectivity index (χ1) is 20.1. The second kappa shape index (κ2) is 14.5. The Labute approximate surface area is 259 Å². The normalized spacial score (nSPS) is 12.5. The molecule has 1 N–H and O–H groups in total. The van der Waals surface area contributed by atoms with Gasteiger partial charge in [-0.05, 0) is 68.3 Å². The summed E-state index contributed by atoms with van der Waals surface area (Å²) in [6.45, 7) is 4.54. The standard InChI is InChI=1S/C30H32Cl2F3N3O4S/c1-4-5-15-36-29(40)21(3)37(18-22-7-6-8-23(31)16-22)28(39)19-38(43(41,42)25-12-9-20(2)10-13-25)24-11-14-27(32)26(17-24)30(33,34)35/h6-14,16-17,21H,4-5,15,18-19H2,1-3H3,(H,36,40)/t21-/m0/s1. The van der Waals surface area contributed by atoms with E-state index in [-0.39, 0.29) is 11.4 Å². The number of hydrogen-bond acceptors (Lipinski definition) is 4. The van der Waals surface area contributed by atoms with Crippen LogP contribution >= 0.6 is 23.2 Å². The van der Waals surface area contributed by atoms with Gasteiger partial charge in [0.1, 0.15) is 12.6 Å². The van der Waals surface area contributed by atoms with Crippen LogP contribution in [0, 0.1) is 6.92 Å². The third kappa shape index (κ3) is 8.87. The van der Waals surface area contributed by atoms with Gasteiger partial charge in [0.15, 0.2) is 0 Å². The van der Waals surface area contributed by atoms with Crippen molar-refractivity contribution >= 4 is 50.7 Å². The van der Waals surface area contributed by atoms with E-state index >= 15 is 0 Å². The summed E-state index contributed by atoms with van der Waals surface area (Å²) in [5.74, 6) is -1.29. The fourth-order valence-electron chi connectivity index (χ4n) is 4.20. The summed E-state index contributed by atoms with van der Waals surface area (Å²) in [6.07, 6.45) is -3.35. The van der Waals surface area contributed by atoms with Crippen molar-refractivity contribution < 1.29 is 31.2 Å². The highest BCUT2D eigenvalue weighted by Gasteiger charge is 2.37. The summed E-state index contributed by atoms with van der Waals surface area (Å²) < 4.78 is 69.6. The first-order valence-electron chi connectivity index (χ1n) is 13.4. The number of anilines is 1. The lowest BCUT2D eigenvalue weighted by molar-refractivity contribution is -0.139. The zero-order valence-corrected chi connectivity index (χ0v) is 26.1. The number of hydrogen-bond donors (Lipinski definition) is 1. The van der Waals surface area contributed by atoms with Gasteiger partial charge < -0.3 is 10.2 Å². The van der Waals surface area contributed by atoms with Crippen molar-refractivity contribution in [3.63, 3.8) is 0 Å². The number of aryl methyl sites for hydroxylation is 1. The number of sulfonamides is 1. The van der Waals surface area contributed by atoms with E-state index in [9.17, 15) is 31.2 Å². The average Bonchev–Trinajstić information content (AvgIpc) is 2.94. The fraction of sp³-hybridized carbons (Fsp3) is 0.333. The molecule has 3 aromatic rings. The quantitative estimate of drug-likeness (QED) is 0.216. The highest BCUT2D eigenvalue weighted by atomic mass is 35.5. The van der Waals surface area contributed by atoms with Crippen molar-refractivity contribution in [3.05, 3.63) is 93.5 Å². The van der Waals surface area contributed by atoms with Crippen molar-refractivity contribution in [2.24, 2.45) is 0 Å². The maximum atomic E-state index is 13.9. The van der Waals surface area contributed by atoms with Crippen LogP contribution in [0.1, 0.15) is 43.4 Å². The number of nitrogens with one attached hydrogen (secondary N) is 1. The van der Waals surface area contributed by atoms with Crippen LogP contribution in [0.15, 0.2) is 71.6 Å². The molecule has 7 nitrogen and oxygen atoms in total. The van der Waals surface area contributed by atoms with Crippen LogP contribution < -0.4 is 9.62 Å². The molecule has 13 heteroatoms. The molecule has 1 atom stereocenters. The monoisotopic (exact) mass is 657 g/mol. The van der Waals surface area contributed by atoms with E-state index in [1.54, 1.807) is 31.2 Å². The summed E-state index contributed by atoms with van der Waals surface area (Å²) in [7, 11) is -4.56. The SMILES string of the molecule is CCCCNC(=O)[C@H](C)N(Cc1cccc(Cl)c1)C(=O)CN(c1ccc(Cl)c(C(F)(F)F)c1)S(=O)(=O)c1ccc(C)cc1. The third-order valence-corrected chi connectivity index (χ3v) is 9.02. The Balaban J connectivity index is 2.10. The van der Waals surface area contributed by atoms with Crippen LogP contribution in [0.5, 0.6) is 0 Å². The van der Waals surface area contributed by atoms with Crippen LogP contribution in [-0.4, -0.2) is 44.3 Å². The maximum Gasteiger partial charge on any atom is 0.417 e. The Bertz CT molecular complexity index is 1550. The van der Waals surface area contributed by atoms with E-state index in [4.69, 9.17) is 23.2 Å². The molecule has 2 amide bonds. The van der Waals surface area contributed by atoms with Gasteiger partial charge in [-0.2, -0.15) is 13.2 Å². The van der Waals surface area contributed by atoms with Crippen molar-refractivity contribution in [2.45, 2.75) is 57.3 Å². The number of halogens is 5. The van der Waals surface area contributed by atoms with Crippen LogP contribution in [0.3, 0.4) is 0 Å². The lowest BCUT2D eigenvalue weighted by Crippen LogP contribution is -2.51. The summed E-state index contributed by atoms with van der Waals surface area (Å²) >= 11 is 11.9. The molecule has 0 aromatic heterocycles. The second-order valence-corrected chi connectivity index (χ2v) is 12.7. The molecule has 0 aliphatic carbocycles. The Kier molecular flexibility index (Phi) is 11.5. The molecule has 0 spiro atoms. The molecule has 232 valence electrons. The first kappa shape index (κ1) is 34.2. The predicted molar refractivity (Wildman–Crippen MR) is 162 cm³/mol. The highest BCUT2D eigenvalue weighted by molar-refractivity contribution is 7.92. The molecule has 0 aliphatic heterocycles. The van der Waals surface area contributed by atoms with E-state index in [1.165, 1.54) is 36.1 Å². The number of unbranched alkanes of at least 4 members (excludes halogenated alkanes) is 1. The van der Waals surface area contributed by atoms with Crippen molar-refractivity contribution in [2.75, 3.05) is 17.4 Å². The number of alkyl halides is 3. The van der Waals surface area contributed by atoms with E-state index < -0.39 is 56.9 Å². The van der Waals surface area contributed by atoms with Gasteiger partial charge in [0, 0.05) is 18.1 Å². The van der Waals surface area contributed by atoms with E-state index in [2.05, 4.69) is 5.32 Å². The second-order valence-electron chi connectivity index (χ2n) is 9.96. The third-order valence-electron chi connectivity index (χ3n) is 6.67. The minimum Gasteiger partial charge on any atom is -0.354 e. The first-order valence-corrected chi connectivity index (χ1v) is 15.6. The van der Waals surface area contributed by atoms with Crippen LogP contribution in [0.2, 0.25) is 10.0 Å². The molecular weight excluding hydrogens is 626 g/mol. The summed E-state index contributed by atoms with van der Waals surface area (Å²) in [4.78, 5) is 27.9. The van der Waals surface area contributed by atoms with Gasteiger partial charge in [0.2, 0.25) is 11.8 Å². The van der Waals surface area contributed by atoms with Gasteiger partial charge in [-0.1, -0.05) is 66.4 Å². The predicted octanol–water partition coefficient (Wildman–Crippen LogP) is 6.85. The van der Waals surface area contributed by atoms with Crippen LogP contribution in [0.4, 0.5) is 18.9 Å². The Hall–Kier alpha value is -3.28. The van der Waals surface area contributed by atoms with Crippen LogP contribution in [0.25, 0.3) is 0 Å². The molecule has 0 radical (unpaired) electrons. The molecule has 3 aromatic carbocycles. The van der Waals surface area contributed by atoms with E-state index in [1.807, 2.05) is 6.92 Å². The number of amides is 2. The van der Waals surface area contributed by atoms with Gasteiger partial charge >= 0.3 is 6.18 Å². The lowest BCUT2D eigenvalue weighted by Gasteiger charge is -2.32. The van der Waals surface area contributed by atoms with Crippen LogP contribution in [-0.2, 0) is 32.3 Å². The molecule has 0 aliphatic rings. The molecule has 0 fully saturated rings. The number of carbonyl (C=O) groups is 2. The van der Waals surface area contributed by atoms with Crippen molar-refractivity contribution in [3.8, 4) is 0 Å². The minimum absolute atomic E-state index is 0.116. The Morgan fingerprint density at radius 1 is 1.00 bits per heavy atom. The van der Waals surface area contributed by atoms with E-state index in [0.29, 0.717) is 33.9 Å². The molecular formula is C30H32Cl2F3N3O4S. The zero-order chi connectivity index (χ0) is 31.9. The zero-order valence-electron chi connectivity index (χ0n) is 23.8. The molecule has 0 saturated heterocycles. The molecule has 3 rings (SSSR count). The molecule has 0 saturated carbocycles.